The molecule has 1 aliphatic heterocycles. The summed E-state index contributed by atoms with van der Waals surface area (Å²) in [6, 6.07) is 15.3. The van der Waals surface area contributed by atoms with Crippen molar-refractivity contribution in [1.82, 2.24) is 15.5 Å². The van der Waals surface area contributed by atoms with E-state index in [-0.39, 0.29) is 24.0 Å². The van der Waals surface area contributed by atoms with E-state index < -0.39 is 24.1 Å². The van der Waals surface area contributed by atoms with Gasteiger partial charge in [-0.25, -0.2) is 4.79 Å². The maximum Gasteiger partial charge on any atom is 0.408 e. The van der Waals surface area contributed by atoms with Crippen LogP contribution in [0.15, 0.2) is 54.6 Å². The largest absolute Gasteiger partial charge is 0.488 e. The second-order valence-electron chi connectivity index (χ2n) is 11.4. The van der Waals surface area contributed by atoms with E-state index in [1.54, 1.807) is 0 Å². The maximum absolute atomic E-state index is 13.5. The van der Waals surface area contributed by atoms with Crippen LogP contribution in [0, 0.1) is 5.92 Å². The van der Waals surface area contributed by atoms with Crippen LogP contribution in [-0.2, 0) is 27.4 Å². The van der Waals surface area contributed by atoms with Crippen LogP contribution in [0.3, 0.4) is 0 Å². The second kappa shape index (κ2) is 14.0. The van der Waals surface area contributed by atoms with Crippen LogP contribution in [0.2, 0.25) is 0 Å². The van der Waals surface area contributed by atoms with E-state index in [2.05, 4.69) is 10.6 Å². The minimum absolute atomic E-state index is 0.101. The van der Waals surface area contributed by atoms with E-state index in [9.17, 15) is 14.4 Å². The van der Waals surface area contributed by atoms with Gasteiger partial charge in [0.25, 0.3) is 0 Å². The molecule has 2 N–H and O–H groups in total. The lowest BCUT2D eigenvalue weighted by Gasteiger charge is -2.32. The van der Waals surface area contributed by atoms with E-state index in [0.29, 0.717) is 19.5 Å². The predicted molar refractivity (Wildman–Crippen MR) is 151 cm³/mol. The molecular weight excluding hydrogens is 494 g/mol. The molecule has 1 saturated heterocycles. The third kappa shape index (κ3) is 9.93. The summed E-state index contributed by atoms with van der Waals surface area (Å²) in [7, 11) is 0. The number of amides is 3. The first-order valence-electron chi connectivity index (χ1n) is 13.9. The Hall–Kier alpha value is -3.55. The Morgan fingerprint density at radius 1 is 0.872 bits per heavy atom. The topological polar surface area (TPSA) is 97.0 Å². The van der Waals surface area contributed by atoms with Crippen LogP contribution in [0.4, 0.5) is 4.79 Å². The molecule has 2 aromatic rings. The molecule has 2 atom stereocenters. The number of ether oxygens (including phenoxy) is 2. The average molecular weight is 538 g/mol. The first-order chi connectivity index (χ1) is 18.5. The zero-order valence-corrected chi connectivity index (χ0v) is 23.9. The number of likely N-dealkylation sites (tertiary alicyclic amines) is 1. The Kier molecular flexibility index (Phi) is 10.8. The fourth-order valence-electron chi connectivity index (χ4n) is 4.51. The molecule has 2 aromatic carbocycles. The summed E-state index contributed by atoms with van der Waals surface area (Å²) in [6.45, 7) is 11.1. The van der Waals surface area contributed by atoms with Crippen LogP contribution in [0.1, 0.15) is 65.0 Å². The highest BCUT2D eigenvalue weighted by atomic mass is 16.5. The van der Waals surface area contributed by atoms with Gasteiger partial charge in [0.2, 0.25) is 11.8 Å². The lowest BCUT2D eigenvalue weighted by atomic mass is 10.00. The van der Waals surface area contributed by atoms with Gasteiger partial charge < -0.3 is 25.0 Å². The summed E-state index contributed by atoms with van der Waals surface area (Å²) in [5, 5.41) is 5.63. The highest BCUT2D eigenvalue weighted by Crippen LogP contribution is 2.20. The zero-order chi connectivity index (χ0) is 28.4. The van der Waals surface area contributed by atoms with Crippen LogP contribution in [-0.4, -0.2) is 53.6 Å². The Morgan fingerprint density at radius 3 is 2.10 bits per heavy atom. The Balaban J connectivity index is 1.70. The number of nitrogens with zero attached hydrogens (tertiary/aromatic N) is 1. The number of rotatable bonds is 10. The first kappa shape index (κ1) is 30.0. The van der Waals surface area contributed by atoms with Crippen molar-refractivity contribution < 1.29 is 23.9 Å². The van der Waals surface area contributed by atoms with Gasteiger partial charge in [-0.3, -0.25) is 9.59 Å². The lowest BCUT2D eigenvalue weighted by Crippen LogP contribution is -2.57. The Bertz CT molecular complexity index is 1070. The minimum Gasteiger partial charge on any atom is -0.488 e. The van der Waals surface area contributed by atoms with Gasteiger partial charge >= 0.3 is 6.09 Å². The van der Waals surface area contributed by atoms with E-state index in [0.717, 1.165) is 36.1 Å². The summed E-state index contributed by atoms with van der Waals surface area (Å²) < 4.78 is 11.2. The SMILES string of the molecule is CC(C)[C@H](NC(=O)OCc1ccccc1)C(=O)N[C@@H](Cc1ccc(OC(C)(C)C)cc1)C(=O)N1CCCCC1. The summed E-state index contributed by atoms with van der Waals surface area (Å²) in [5.74, 6) is 0.0121. The molecule has 0 aromatic heterocycles. The normalized spacial score (nSPS) is 15.3. The van der Waals surface area contributed by atoms with Crippen molar-refractivity contribution in [2.24, 2.45) is 5.92 Å². The molecule has 212 valence electrons. The quantitative estimate of drug-likeness (QED) is 0.451. The molecule has 0 saturated carbocycles. The van der Waals surface area contributed by atoms with E-state index in [1.165, 1.54) is 0 Å². The molecule has 1 fully saturated rings. The molecule has 0 bridgehead atoms. The highest BCUT2D eigenvalue weighted by Gasteiger charge is 2.32. The molecule has 1 heterocycles. The number of piperidine rings is 1. The number of alkyl carbamates (subject to hydrolysis) is 1. The van der Waals surface area contributed by atoms with Gasteiger partial charge in [0.05, 0.1) is 0 Å². The molecule has 8 nitrogen and oxygen atoms in total. The average Bonchev–Trinajstić information content (AvgIpc) is 2.90. The third-order valence-corrected chi connectivity index (χ3v) is 6.50. The molecule has 39 heavy (non-hydrogen) atoms. The number of carbonyl (C=O) groups excluding carboxylic acids is 3. The van der Waals surface area contributed by atoms with Crippen molar-refractivity contribution in [3.63, 3.8) is 0 Å². The Labute approximate surface area is 232 Å². The van der Waals surface area contributed by atoms with Gasteiger partial charge in [-0.2, -0.15) is 0 Å². The molecule has 0 spiro atoms. The van der Waals surface area contributed by atoms with Crippen molar-refractivity contribution in [2.75, 3.05) is 13.1 Å². The van der Waals surface area contributed by atoms with Gasteiger partial charge in [-0.15, -0.1) is 0 Å². The van der Waals surface area contributed by atoms with Gasteiger partial charge in [0.1, 0.15) is 30.0 Å². The second-order valence-corrected chi connectivity index (χ2v) is 11.4. The zero-order valence-electron chi connectivity index (χ0n) is 23.9. The smallest absolute Gasteiger partial charge is 0.408 e. The highest BCUT2D eigenvalue weighted by molar-refractivity contribution is 5.91. The number of hydrogen-bond donors (Lipinski definition) is 2. The van der Waals surface area contributed by atoms with Gasteiger partial charge in [0.15, 0.2) is 0 Å². The van der Waals surface area contributed by atoms with Crippen molar-refractivity contribution >= 4 is 17.9 Å². The number of hydrogen-bond acceptors (Lipinski definition) is 5. The minimum atomic E-state index is -0.854. The van der Waals surface area contributed by atoms with Crippen molar-refractivity contribution in [1.29, 1.82) is 0 Å². The lowest BCUT2D eigenvalue weighted by molar-refractivity contribution is -0.137. The van der Waals surface area contributed by atoms with E-state index in [4.69, 9.17) is 9.47 Å². The van der Waals surface area contributed by atoms with Crippen molar-refractivity contribution in [3.8, 4) is 5.75 Å². The summed E-state index contributed by atoms with van der Waals surface area (Å²) in [4.78, 5) is 41.3. The number of carbonyl (C=O) groups is 3. The van der Waals surface area contributed by atoms with Gasteiger partial charge in [-0.05, 0) is 69.2 Å². The number of benzene rings is 2. The molecule has 0 unspecified atom stereocenters. The van der Waals surface area contributed by atoms with Gasteiger partial charge in [-0.1, -0.05) is 56.3 Å². The van der Waals surface area contributed by atoms with Crippen molar-refractivity contribution in [3.05, 3.63) is 65.7 Å². The molecule has 3 rings (SSSR count). The predicted octanol–water partition coefficient (Wildman–Crippen LogP) is 4.85. The molecule has 1 aliphatic rings. The van der Waals surface area contributed by atoms with Gasteiger partial charge in [0, 0.05) is 19.5 Å². The fraction of sp³-hybridized carbons (Fsp3) is 0.516. The monoisotopic (exact) mass is 537 g/mol. The van der Waals surface area contributed by atoms with Crippen molar-refractivity contribution in [2.45, 2.75) is 84.6 Å². The van der Waals surface area contributed by atoms with Crippen LogP contribution in [0.5, 0.6) is 5.75 Å². The van der Waals surface area contributed by atoms with Crippen LogP contribution < -0.4 is 15.4 Å². The van der Waals surface area contributed by atoms with E-state index >= 15 is 0 Å². The van der Waals surface area contributed by atoms with Crippen LogP contribution >= 0.6 is 0 Å². The Morgan fingerprint density at radius 2 is 1.51 bits per heavy atom. The summed E-state index contributed by atoms with van der Waals surface area (Å²) >= 11 is 0. The molecular formula is C31H43N3O5. The molecule has 3 amide bonds. The maximum atomic E-state index is 13.5. The molecule has 0 radical (unpaired) electrons. The molecule has 0 aliphatic carbocycles. The summed E-state index contributed by atoms with van der Waals surface area (Å²) in [5.41, 5.74) is 1.44. The standard InChI is InChI=1S/C31H43N3O5/c1-22(2)27(33-30(37)38-21-24-12-8-6-9-13-24)28(35)32-26(29(36)34-18-10-7-11-19-34)20-23-14-16-25(17-15-23)39-31(3,4)5/h6,8-9,12-17,22,26-27H,7,10-11,18-21H2,1-5H3,(H,32,35)(H,33,37)/t26-,27-/m0/s1. The van der Waals surface area contributed by atoms with E-state index in [1.807, 2.05) is 94.1 Å². The number of nitrogens with one attached hydrogen (secondary N) is 2. The third-order valence-electron chi connectivity index (χ3n) is 6.50. The fourth-order valence-corrected chi connectivity index (χ4v) is 4.51. The molecule has 8 heteroatoms. The summed E-state index contributed by atoms with van der Waals surface area (Å²) in [6.07, 6.45) is 2.66. The van der Waals surface area contributed by atoms with Crippen LogP contribution in [0.25, 0.3) is 0 Å². The first-order valence-corrected chi connectivity index (χ1v) is 13.9.